The summed E-state index contributed by atoms with van der Waals surface area (Å²) in [6, 6.07) is 15.0. The van der Waals surface area contributed by atoms with E-state index in [-0.39, 0.29) is 5.82 Å². The lowest BCUT2D eigenvalue weighted by Gasteiger charge is -2.36. The first-order valence-electron chi connectivity index (χ1n) is 8.60. The SMILES string of the molecule is Cc1ccc(C(O)CCN2CCN(c3ccccc3F)CC2)cc1. The van der Waals surface area contributed by atoms with Crippen LogP contribution in [0, 0.1) is 12.7 Å². The van der Waals surface area contributed by atoms with E-state index in [1.807, 2.05) is 43.3 Å². The zero-order chi connectivity index (χ0) is 16.9. The number of aryl methyl sites for hydroxylation is 1. The van der Waals surface area contributed by atoms with Crippen molar-refractivity contribution in [1.29, 1.82) is 0 Å². The molecule has 0 aromatic heterocycles. The number of hydrogen-bond acceptors (Lipinski definition) is 3. The van der Waals surface area contributed by atoms with Crippen LogP contribution in [0.2, 0.25) is 0 Å². The maximum atomic E-state index is 13.9. The molecule has 1 aliphatic rings. The lowest BCUT2D eigenvalue weighted by atomic mass is 10.0. The van der Waals surface area contributed by atoms with Gasteiger partial charge < -0.3 is 10.0 Å². The number of nitrogens with zero attached hydrogens (tertiary/aromatic N) is 2. The van der Waals surface area contributed by atoms with Crippen molar-refractivity contribution in [2.24, 2.45) is 0 Å². The summed E-state index contributed by atoms with van der Waals surface area (Å²) in [5.74, 6) is -0.152. The van der Waals surface area contributed by atoms with E-state index in [0.29, 0.717) is 5.69 Å². The number of benzene rings is 2. The highest BCUT2D eigenvalue weighted by molar-refractivity contribution is 5.47. The number of anilines is 1. The average molecular weight is 328 g/mol. The van der Waals surface area contributed by atoms with Crippen molar-refractivity contribution >= 4 is 5.69 Å². The summed E-state index contributed by atoms with van der Waals surface area (Å²) in [6.45, 7) is 6.35. The van der Waals surface area contributed by atoms with Gasteiger partial charge in [-0.25, -0.2) is 4.39 Å². The van der Waals surface area contributed by atoms with Crippen LogP contribution in [0.15, 0.2) is 48.5 Å². The Hall–Kier alpha value is -1.91. The Morgan fingerprint density at radius 3 is 2.33 bits per heavy atom. The van der Waals surface area contributed by atoms with Crippen LogP contribution in [0.25, 0.3) is 0 Å². The van der Waals surface area contributed by atoms with Crippen molar-refractivity contribution < 1.29 is 9.50 Å². The van der Waals surface area contributed by atoms with Gasteiger partial charge in [0.05, 0.1) is 11.8 Å². The third kappa shape index (κ3) is 4.13. The Bertz CT molecular complexity index is 651. The zero-order valence-electron chi connectivity index (χ0n) is 14.2. The van der Waals surface area contributed by atoms with Crippen LogP contribution in [0.3, 0.4) is 0 Å². The van der Waals surface area contributed by atoms with E-state index in [9.17, 15) is 9.50 Å². The minimum atomic E-state index is -0.421. The summed E-state index contributed by atoms with van der Waals surface area (Å²) in [5.41, 5.74) is 2.87. The largest absolute Gasteiger partial charge is 0.388 e. The molecule has 0 amide bonds. The van der Waals surface area contributed by atoms with Crippen LogP contribution < -0.4 is 4.90 Å². The topological polar surface area (TPSA) is 26.7 Å². The molecule has 24 heavy (non-hydrogen) atoms. The zero-order valence-corrected chi connectivity index (χ0v) is 14.2. The van der Waals surface area contributed by atoms with Gasteiger partial charge in [-0.2, -0.15) is 0 Å². The van der Waals surface area contributed by atoms with Crippen molar-refractivity contribution in [3.8, 4) is 0 Å². The first-order valence-corrected chi connectivity index (χ1v) is 8.60. The fraction of sp³-hybridized carbons (Fsp3) is 0.400. The summed E-state index contributed by atoms with van der Waals surface area (Å²) in [4.78, 5) is 4.44. The van der Waals surface area contributed by atoms with Gasteiger partial charge in [0.25, 0.3) is 0 Å². The third-order valence-corrected chi connectivity index (χ3v) is 4.75. The predicted molar refractivity (Wildman–Crippen MR) is 95.8 cm³/mol. The van der Waals surface area contributed by atoms with E-state index < -0.39 is 6.10 Å². The number of halogens is 1. The lowest BCUT2D eigenvalue weighted by molar-refractivity contribution is 0.139. The van der Waals surface area contributed by atoms with Gasteiger partial charge in [-0.15, -0.1) is 0 Å². The second-order valence-corrected chi connectivity index (χ2v) is 6.50. The van der Waals surface area contributed by atoms with E-state index >= 15 is 0 Å². The number of hydrogen-bond donors (Lipinski definition) is 1. The Labute approximate surface area is 143 Å². The number of aliphatic hydroxyl groups excluding tert-OH is 1. The smallest absolute Gasteiger partial charge is 0.146 e. The molecular weight excluding hydrogens is 303 g/mol. The van der Waals surface area contributed by atoms with E-state index in [1.165, 1.54) is 11.6 Å². The van der Waals surface area contributed by atoms with E-state index in [2.05, 4.69) is 9.80 Å². The third-order valence-electron chi connectivity index (χ3n) is 4.75. The second kappa shape index (κ2) is 7.77. The van der Waals surface area contributed by atoms with Crippen molar-refractivity contribution in [3.05, 3.63) is 65.5 Å². The summed E-state index contributed by atoms with van der Waals surface area (Å²) in [6.07, 6.45) is 0.304. The van der Waals surface area contributed by atoms with Crippen LogP contribution in [-0.4, -0.2) is 42.7 Å². The van der Waals surface area contributed by atoms with E-state index in [1.54, 1.807) is 6.07 Å². The minimum Gasteiger partial charge on any atom is -0.388 e. The van der Waals surface area contributed by atoms with Gasteiger partial charge in [-0.3, -0.25) is 4.90 Å². The van der Waals surface area contributed by atoms with Crippen LogP contribution >= 0.6 is 0 Å². The molecule has 3 rings (SSSR count). The van der Waals surface area contributed by atoms with Crippen LogP contribution in [-0.2, 0) is 0 Å². The molecule has 1 saturated heterocycles. The number of para-hydroxylation sites is 1. The highest BCUT2D eigenvalue weighted by atomic mass is 19.1. The lowest BCUT2D eigenvalue weighted by Crippen LogP contribution is -2.47. The van der Waals surface area contributed by atoms with Gasteiger partial charge >= 0.3 is 0 Å². The minimum absolute atomic E-state index is 0.152. The quantitative estimate of drug-likeness (QED) is 0.911. The molecule has 1 atom stereocenters. The Kier molecular flexibility index (Phi) is 5.48. The fourth-order valence-corrected chi connectivity index (χ4v) is 3.18. The molecule has 0 spiro atoms. The first-order chi connectivity index (χ1) is 11.6. The normalized spacial score (nSPS) is 17.0. The van der Waals surface area contributed by atoms with Gasteiger partial charge in [0, 0.05) is 32.7 Å². The summed E-state index contributed by atoms with van der Waals surface area (Å²) < 4.78 is 13.9. The molecule has 1 fully saturated rings. The molecule has 4 heteroatoms. The molecule has 128 valence electrons. The van der Waals surface area contributed by atoms with E-state index in [0.717, 1.165) is 44.7 Å². The van der Waals surface area contributed by atoms with Gasteiger partial charge in [0.2, 0.25) is 0 Å². The molecular formula is C20H25FN2O. The van der Waals surface area contributed by atoms with E-state index in [4.69, 9.17) is 0 Å². The van der Waals surface area contributed by atoms with Gasteiger partial charge in [0.15, 0.2) is 0 Å². The van der Waals surface area contributed by atoms with Crippen LogP contribution in [0.1, 0.15) is 23.7 Å². The van der Waals surface area contributed by atoms with Crippen molar-refractivity contribution in [3.63, 3.8) is 0 Å². The number of aliphatic hydroxyl groups is 1. The standard InChI is InChI=1S/C20H25FN2O/c1-16-6-8-17(9-7-16)20(24)10-11-22-12-14-23(15-13-22)19-5-3-2-4-18(19)21/h2-9,20,24H,10-15H2,1H3. The Morgan fingerprint density at radius 2 is 1.67 bits per heavy atom. The summed E-state index contributed by atoms with van der Waals surface area (Å²) in [7, 11) is 0. The maximum absolute atomic E-state index is 13.9. The van der Waals surface area contributed by atoms with Crippen molar-refractivity contribution in [2.75, 3.05) is 37.6 Å². The molecule has 0 saturated carbocycles. The van der Waals surface area contributed by atoms with Gasteiger partial charge in [-0.05, 0) is 31.0 Å². The maximum Gasteiger partial charge on any atom is 0.146 e. The first kappa shape index (κ1) is 16.9. The highest BCUT2D eigenvalue weighted by Gasteiger charge is 2.20. The van der Waals surface area contributed by atoms with Crippen LogP contribution in [0.5, 0.6) is 0 Å². The summed E-state index contributed by atoms with van der Waals surface area (Å²) in [5, 5.41) is 10.3. The molecule has 0 bridgehead atoms. The van der Waals surface area contributed by atoms with Gasteiger partial charge in [0.1, 0.15) is 5.82 Å². The highest BCUT2D eigenvalue weighted by Crippen LogP contribution is 2.21. The molecule has 1 heterocycles. The summed E-state index contributed by atoms with van der Waals surface area (Å²) >= 11 is 0. The predicted octanol–water partition coefficient (Wildman–Crippen LogP) is 3.38. The molecule has 1 N–H and O–H groups in total. The molecule has 1 unspecified atom stereocenters. The Morgan fingerprint density at radius 1 is 1.00 bits per heavy atom. The molecule has 2 aromatic rings. The molecule has 0 aliphatic carbocycles. The van der Waals surface area contributed by atoms with Crippen molar-refractivity contribution in [1.82, 2.24) is 4.90 Å². The fourth-order valence-electron chi connectivity index (χ4n) is 3.18. The average Bonchev–Trinajstić information content (AvgIpc) is 2.61. The number of rotatable bonds is 5. The van der Waals surface area contributed by atoms with Gasteiger partial charge in [-0.1, -0.05) is 42.0 Å². The monoisotopic (exact) mass is 328 g/mol. The molecule has 1 aliphatic heterocycles. The number of piperazine rings is 1. The second-order valence-electron chi connectivity index (χ2n) is 6.50. The molecule has 2 aromatic carbocycles. The van der Waals surface area contributed by atoms with Crippen LogP contribution in [0.4, 0.5) is 10.1 Å². The molecule has 0 radical (unpaired) electrons. The Balaban J connectivity index is 1.47. The van der Waals surface area contributed by atoms with Crippen molar-refractivity contribution in [2.45, 2.75) is 19.4 Å². The molecule has 3 nitrogen and oxygen atoms in total.